The van der Waals surface area contributed by atoms with Crippen molar-refractivity contribution < 1.29 is 13.9 Å². The molecule has 0 saturated heterocycles. The second-order valence-corrected chi connectivity index (χ2v) is 36.3. The van der Waals surface area contributed by atoms with Crippen LogP contribution in [0.4, 0.5) is 4.39 Å². The van der Waals surface area contributed by atoms with Crippen LogP contribution in [0.25, 0.3) is 10.9 Å². The molecule has 1 aromatic heterocycles. The van der Waals surface area contributed by atoms with E-state index in [2.05, 4.69) is 59.3 Å². The monoisotopic (exact) mass is 1520 g/mol. The van der Waals surface area contributed by atoms with Gasteiger partial charge in [0.1, 0.15) is 12.4 Å². The van der Waals surface area contributed by atoms with Crippen molar-refractivity contribution in [2.45, 2.75) is 38.5 Å². The molecule has 4 aromatic carbocycles. The number of methoxy groups -OCH3 is 1. The molecule has 4 nitrogen and oxygen atoms in total. The van der Waals surface area contributed by atoms with E-state index in [-0.39, 0.29) is 17.9 Å². The number of hydrogen-bond donors (Lipinski definition) is 1. The summed E-state index contributed by atoms with van der Waals surface area (Å²) in [4.78, 5) is 6.33. The predicted molar refractivity (Wildman–Crippen MR) is 676 cm³/mol. The molecule has 0 amide bonds. The lowest BCUT2D eigenvalue weighted by atomic mass is 8.19. The van der Waals surface area contributed by atoms with Gasteiger partial charge < -0.3 is 14.5 Å². The van der Waals surface area contributed by atoms with Gasteiger partial charge in [0.05, 0.1) is 13.2 Å². The van der Waals surface area contributed by atoms with Gasteiger partial charge in [-0.05, 0) is 83.5 Å². The van der Waals surface area contributed by atoms with Crippen molar-refractivity contribution in [3.8, 4) is 11.5 Å². The number of rotatable bonds is 49. The first-order chi connectivity index (χ1) is 60.5. The zero-order valence-electron chi connectivity index (χ0n) is 74.7. The Morgan fingerprint density at radius 2 is 0.646 bits per heavy atom. The summed E-state index contributed by atoms with van der Waals surface area (Å²) in [5.41, 5.74) is 9.77. The fraction of sp³-hybridized carbons (Fsp3) is 0.235. The molecule has 130 heavy (non-hydrogen) atoms. The van der Waals surface area contributed by atoms with Gasteiger partial charge in [-0.1, -0.05) is 54.6 Å². The lowest BCUT2D eigenvalue weighted by molar-refractivity contribution is 0.127. The van der Waals surface area contributed by atoms with E-state index in [0.29, 0.717) is 6.61 Å². The highest BCUT2D eigenvalue weighted by atomic mass is 19.1. The minimum Gasteiger partial charge on any atom is -0.493 e. The van der Waals surface area contributed by atoms with E-state index in [1.807, 2.05) is 30.3 Å². The number of aryl methyl sites for hydroxylation is 1. The molecule has 5 aromatic rings. The van der Waals surface area contributed by atoms with Crippen molar-refractivity contribution in [3.63, 3.8) is 0 Å². The maximum absolute atomic E-state index is 13.9. The van der Waals surface area contributed by atoms with E-state index in [0.717, 1.165) is 54.6 Å². The lowest BCUT2D eigenvalue weighted by Crippen LogP contribution is -3.00. The Morgan fingerprint density at radius 3 is 0.938 bits per heavy atom. The Kier molecular flexibility index (Phi) is 50.7. The van der Waals surface area contributed by atoms with Crippen LogP contribution in [-0.2, 0) is 19.4 Å². The summed E-state index contributed by atoms with van der Waals surface area (Å²) < 4.78 is 26.0. The number of fused-ring (bicyclic) bond motifs is 6. The number of nitrogens with zero attached hydrogens (tertiary/aromatic N) is 1. The molecule has 2 aliphatic heterocycles. The molecule has 1 N–H and O–H groups in total. The molecule has 0 fully saturated rings. The first-order valence-electron chi connectivity index (χ1n) is 43.6. The van der Waals surface area contributed by atoms with Gasteiger partial charge in [0.25, 0.3) is 0 Å². The van der Waals surface area contributed by atoms with E-state index in [9.17, 15) is 4.39 Å². The third-order valence-corrected chi connectivity index (χ3v) is 27.7. The van der Waals surface area contributed by atoms with Crippen LogP contribution < -0.4 is 9.47 Å². The van der Waals surface area contributed by atoms with E-state index < -0.39 is 281 Å². The molecule has 96 heteroatoms. The predicted octanol–water partition coefficient (Wildman–Crippen LogP) is -27.2. The highest BCUT2D eigenvalue weighted by molar-refractivity contribution is 8.43. The molecule has 2 aliphatic rings. The zero-order chi connectivity index (χ0) is 98.6. The lowest BCUT2D eigenvalue weighted by Gasteiger charge is -2.62. The van der Waals surface area contributed by atoms with E-state index in [1.54, 1.807) is 19.2 Å². The SMILES string of the molecule is COc1cc2c(cc1OCc1ccccc1)CCN1C2Cc2c([nH]c3cc(C)ccc23)C1c1ccc(F)cc1.[B][B]B([B])B(B(B([B])[B])B([B])[B])B(B(B(B([B])[B])B([B])[B])B(B([B])[B])B([B])[B])B(B(B(B(B([B])[B])B([B])[B])B(B([B])[B])B([B])[B])B(B(B([B])[B])B([B])[B])B(B([B])[B])B([B])[B])B(B(B(B([B])[B])B([B])[B])B(B([B])[B])B([B])[B])B(B(B([B])[B])B([B])[B])B(B([B])[B])B([B])[B]. The van der Waals surface area contributed by atoms with Gasteiger partial charge >= 0.3 is 0 Å². The molecule has 0 bridgehead atoms. The summed E-state index contributed by atoms with van der Waals surface area (Å²) in [6.45, 7) is 3.52. The third-order valence-electron chi connectivity index (χ3n) is 27.7. The van der Waals surface area contributed by atoms with Crippen LogP contribution in [-0.4, -0.2) is 667 Å². The average Bonchev–Trinajstić information content (AvgIpc) is 0.955. The van der Waals surface area contributed by atoms with Crippen LogP contribution in [0.1, 0.15) is 51.2 Å². The number of nitrogens with one attached hydrogen (secondary N) is 1. The maximum Gasteiger partial charge on any atom is 0.161 e. The smallest absolute Gasteiger partial charge is 0.161 e. The van der Waals surface area contributed by atoms with Crippen LogP contribution in [0.15, 0.2) is 84.9 Å². The molecule has 0 spiro atoms. The number of aromatic amines is 1. The maximum atomic E-state index is 13.9. The van der Waals surface area contributed by atoms with Crippen molar-refractivity contribution in [1.82, 2.24) is 9.88 Å². The number of H-pyrrole nitrogens is 1. The quantitative estimate of drug-likeness (QED) is 0.0394. The van der Waals surface area contributed by atoms with Crippen LogP contribution in [0.5, 0.6) is 11.5 Å². The first kappa shape index (κ1) is 121. The molecule has 0 aliphatic carbocycles. The number of hydrogen-bond acceptors (Lipinski definition) is 3. The van der Waals surface area contributed by atoms with Gasteiger partial charge in [-0.3, -0.25) is 4.90 Å². The molecule has 93 radical (unpaired) electrons. The van der Waals surface area contributed by atoms with Crippen LogP contribution >= 0.6 is 0 Å². The molecule has 2 atom stereocenters. The molecular formula is C34H31B91FN2O2. The van der Waals surface area contributed by atoms with Crippen molar-refractivity contribution in [2.75, 3.05) is 13.7 Å². The number of benzene rings is 4. The Hall–Kier alpha value is 1.82. The molecule has 7 rings (SSSR count). The zero-order valence-corrected chi connectivity index (χ0v) is 74.7. The fourth-order valence-electron chi connectivity index (χ4n) is 22.8. The van der Waals surface area contributed by atoms with Crippen molar-refractivity contribution in [3.05, 3.63) is 130 Å². The summed E-state index contributed by atoms with van der Waals surface area (Å²) in [5, 5.41) is 1.27. The van der Waals surface area contributed by atoms with Gasteiger partial charge in [0.2, 0.25) is 0 Å². The largest absolute Gasteiger partial charge is 0.493 e. The van der Waals surface area contributed by atoms with Gasteiger partial charge in [-0.2, -0.15) is 0 Å². The molecule has 469 valence electrons. The van der Waals surface area contributed by atoms with E-state index in [4.69, 9.17) is 365 Å². The third kappa shape index (κ3) is 29.4. The number of ether oxygens (including phenoxy) is 2. The van der Waals surface area contributed by atoms with Crippen molar-refractivity contribution >= 4 is 655 Å². The molecule has 3 heterocycles. The standard InChI is InChI=1S/C34H31FN2O2.B91/c1-21-8-13-26-28-18-30-27-19-31(38-2)32(39-20-22-6-4-3-5-7-22)17-24(27)14-15-37(30)34(33(28)36-29(26)16-21)23-9-11-25(35)12-10-23;1-47-70(46)82(71(48(2)3)49(4)5)88(83(72(50(6)7)51(8)9)73(52(10)11)53(12)13)91(89(84(74(54(14)15)55(16)17)75(56(18)19)57(20)21)85(76(58(22)23)59(24)25)77(60(26)27)61(28)29)90(86(78(62(30)31)63(32)33)79(64(34)35)65(36)37)87(80(66(38)39)67(40)41)81(68(42)43)69(44)45/h3-13,16-17,19,30,34,36H,14-15,18,20H2,1-2H3;. The summed E-state index contributed by atoms with van der Waals surface area (Å²) >= 11 is 0. The van der Waals surface area contributed by atoms with Crippen LogP contribution in [0.2, 0.25) is 0 Å². The van der Waals surface area contributed by atoms with Gasteiger partial charge in [0, 0.05) is 673 Å². The Labute approximate surface area is 863 Å². The normalized spacial score (nSPS) is 12.4. The summed E-state index contributed by atoms with van der Waals surface area (Å²) in [6.07, 6.45) is -77.0. The van der Waals surface area contributed by atoms with Gasteiger partial charge in [-0.25, -0.2) is 4.39 Å². The van der Waals surface area contributed by atoms with Crippen LogP contribution in [0, 0.1) is 12.7 Å². The second kappa shape index (κ2) is 54.7. The Morgan fingerprint density at radius 1 is 0.354 bits per heavy atom. The molecule has 0 saturated carbocycles. The number of halogens is 1. The minimum absolute atomic E-state index is 0.0141. The topological polar surface area (TPSA) is 37.5 Å². The average molecular weight is 1500 g/mol. The number of aromatic nitrogens is 1. The summed E-state index contributed by atoms with van der Waals surface area (Å²) in [5.74, 6) is 1.32. The van der Waals surface area contributed by atoms with E-state index in [1.165, 1.54) is 33.3 Å². The highest BCUT2D eigenvalue weighted by Gasteiger charge is 2.68. The van der Waals surface area contributed by atoms with Crippen molar-refractivity contribution in [2.24, 2.45) is 0 Å². The van der Waals surface area contributed by atoms with Gasteiger partial charge in [-0.15, -0.1) is 0 Å². The molecule has 2 unspecified atom stereocenters. The second-order valence-electron chi connectivity index (χ2n) is 36.3. The molecular weight excluding hydrogens is 1470 g/mol. The van der Waals surface area contributed by atoms with Crippen LogP contribution in [0.3, 0.4) is 0 Å². The van der Waals surface area contributed by atoms with Crippen molar-refractivity contribution in [1.29, 1.82) is 0 Å². The summed E-state index contributed by atoms with van der Waals surface area (Å²) in [6, 6.07) is 28.4. The Bertz CT molecular complexity index is 3750. The Balaban J connectivity index is 0.000000540. The fourth-order valence-corrected chi connectivity index (χ4v) is 22.8. The highest BCUT2D eigenvalue weighted by Crippen LogP contribution is 2.50. The minimum atomic E-state index is -2.13. The summed E-state index contributed by atoms with van der Waals surface area (Å²) in [7, 11) is 325. The van der Waals surface area contributed by atoms with Gasteiger partial charge in [0.15, 0.2) is 11.5 Å². The first-order valence-corrected chi connectivity index (χ1v) is 43.6. The van der Waals surface area contributed by atoms with E-state index >= 15 is 0 Å².